The van der Waals surface area contributed by atoms with Crippen LogP contribution in [0.2, 0.25) is 0 Å². The summed E-state index contributed by atoms with van der Waals surface area (Å²) in [5.74, 6) is 0.236. The van der Waals surface area contributed by atoms with Crippen molar-refractivity contribution in [3.8, 4) is 17.2 Å². The molecule has 0 unspecified atom stereocenters. The summed E-state index contributed by atoms with van der Waals surface area (Å²) in [6.45, 7) is 1.47. The molecule has 2 aromatic carbocycles. The van der Waals surface area contributed by atoms with Crippen molar-refractivity contribution in [3.63, 3.8) is 0 Å². The van der Waals surface area contributed by atoms with Gasteiger partial charge >= 0.3 is 0 Å². The lowest BCUT2D eigenvalue weighted by Crippen LogP contribution is -2.31. The van der Waals surface area contributed by atoms with Crippen LogP contribution in [0, 0.1) is 11.3 Å². The number of nitrogens with zero attached hydrogens (tertiary/aromatic N) is 1. The SMILES string of the molecule is N#Cc1cccc(-c2ccc3c(c2)C(=O)CC32CCOCC2)c1. The van der Waals surface area contributed by atoms with Gasteiger partial charge in [-0.1, -0.05) is 24.3 Å². The standard InChI is InChI=1S/C20H17NO2/c21-13-14-2-1-3-15(10-14)16-4-5-18-17(11-16)19(22)12-20(18)6-8-23-9-7-20/h1-5,10-11H,6-9,12H2. The van der Waals surface area contributed by atoms with E-state index in [1.165, 1.54) is 5.56 Å². The highest BCUT2D eigenvalue weighted by Gasteiger charge is 2.44. The van der Waals surface area contributed by atoms with Gasteiger partial charge in [-0.05, 0) is 47.7 Å². The molecule has 0 radical (unpaired) electrons. The zero-order valence-electron chi connectivity index (χ0n) is 12.8. The number of ether oxygens (including phenoxy) is 1. The molecule has 23 heavy (non-hydrogen) atoms. The van der Waals surface area contributed by atoms with Gasteiger partial charge in [0, 0.05) is 30.6 Å². The number of benzene rings is 2. The Bertz CT molecular complexity index is 826. The number of hydrogen-bond donors (Lipinski definition) is 0. The lowest BCUT2D eigenvalue weighted by atomic mass is 9.75. The normalized spacial score (nSPS) is 18.7. The average Bonchev–Trinajstić information content (AvgIpc) is 2.87. The Morgan fingerprint density at radius 3 is 2.61 bits per heavy atom. The van der Waals surface area contributed by atoms with Gasteiger partial charge in [0.05, 0.1) is 11.6 Å². The van der Waals surface area contributed by atoms with E-state index in [1.807, 2.05) is 24.3 Å². The fourth-order valence-electron chi connectivity index (χ4n) is 3.89. The minimum absolute atomic E-state index is 0.0162. The third-order valence-electron chi connectivity index (χ3n) is 5.17. The molecule has 114 valence electrons. The minimum Gasteiger partial charge on any atom is -0.381 e. The average molecular weight is 303 g/mol. The fraction of sp³-hybridized carbons (Fsp3) is 0.300. The maximum Gasteiger partial charge on any atom is 0.164 e. The number of nitriles is 1. The number of ketones is 1. The predicted octanol–water partition coefficient (Wildman–Crippen LogP) is 3.86. The van der Waals surface area contributed by atoms with E-state index >= 15 is 0 Å². The van der Waals surface area contributed by atoms with Crippen molar-refractivity contribution in [2.45, 2.75) is 24.7 Å². The van der Waals surface area contributed by atoms with Gasteiger partial charge in [-0.2, -0.15) is 5.26 Å². The molecule has 0 bridgehead atoms. The van der Waals surface area contributed by atoms with Crippen LogP contribution in [-0.4, -0.2) is 19.0 Å². The summed E-state index contributed by atoms with van der Waals surface area (Å²) in [5, 5.41) is 9.06. The van der Waals surface area contributed by atoms with Crippen molar-refractivity contribution < 1.29 is 9.53 Å². The summed E-state index contributed by atoms with van der Waals surface area (Å²) < 4.78 is 5.48. The monoisotopic (exact) mass is 303 g/mol. The van der Waals surface area contributed by atoms with Crippen LogP contribution < -0.4 is 0 Å². The highest BCUT2D eigenvalue weighted by Crippen LogP contribution is 2.46. The van der Waals surface area contributed by atoms with E-state index in [0.29, 0.717) is 12.0 Å². The fourth-order valence-corrected chi connectivity index (χ4v) is 3.89. The Kier molecular flexibility index (Phi) is 3.28. The highest BCUT2D eigenvalue weighted by molar-refractivity contribution is 6.03. The molecule has 3 heteroatoms. The van der Waals surface area contributed by atoms with Crippen LogP contribution in [0.1, 0.15) is 40.7 Å². The molecular weight excluding hydrogens is 286 g/mol. The number of Topliss-reactive ketones (excluding diaryl/α,β-unsaturated/α-hetero) is 1. The van der Waals surface area contributed by atoms with Crippen molar-refractivity contribution in [2.75, 3.05) is 13.2 Å². The summed E-state index contributed by atoms with van der Waals surface area (Å²) >= 11 is 0. The minimum atomic E-state index is -0.0162. The molecular formula is C20H17NO2. The summed E-state index contributed by atoms with van der Waals surface area (Å²) in [6.07, 6.45) is 2.46. The van der Waals surface area contributed by atoms with E-state index < -0.39 is 0 Å². The molecule has 0 N–H and O–H groups in total. The van der Waals surface area contributed by atoms with Crippen LogP contribution in [0.4, 0.5) is 0 Å². The predicted molar refractivity (Wildman–Crippen MR) is 87.3 cm³/mol. The van der Waals surface area contributed by atoms with Crippen molar-refractivity contribution in [2.24, 2.45) is 0 Å². The second-order valence-corrected chi connectivity index (χ2v) is 6.45. The van der Waals surface area contributed by atoms with Gasteiger partial charge in [-0.3, -0.25) is 4.79 Å². The van der Waals surface area contributed by atoms with Crippen LogP contribution in [0.25, 0.3) is 11.1 Å². The van der Waals surface area contributed by atoms with E-state index in [2.05, 4.69) is 18.2 Å². The van der Waals surface area contributed by atoms with Crippen LogP contribution >= 0.6 is 0 Å². The Labute approximate surface area is 135 Å². The summed E-state index contributed by atoms with van der Waals surface area (Å²) in [6, 6.07) is 15.9. The van der Waals surface area contributed by atoms with Crippen LogP contribution in [-0.2, 0) is 10.2 Å². The third kappa shape index (κ3) is 2.27. The molecule has 1 fully saturated rings. The molecule has 2 aliphatic rings. The topological polar surface area (TPSA) is 50.1 Å². The molecule has 0 amide bonds. The van der Waals surface area contributed by atoms with Gasteiger partial charge in [0.2, 0.25) is 0 Å². The smallest absolute Gasteiger partial charge is 0.164 e. The second kappa shape index (κ2) is 5.33. The second-order valence-electron chi connectivity index (χ2n) is 6.45. The van der Waals surface area contributed by atoms with Crippen molar-refractivity contribution >= 4 is 5.78 Å². The molecule has 3 nitrogen and oxygen atoms in total. The van der Waals surface area contributed by atoms with E-state index in [9.17, 15) is 4.79 Å². The van der Waals surface area contributed by atoms with Crippen LogP contribution in [0.5, 0.6) is 0 Å². The highest BCUT2D eigenvalue weighted by atomic mass is 16.5. The largest absolute Gasteiger partial charge is 0.381 e. The zero-order valence-corrected chi connectivity index (χ0v) is 12.8. The Morgan fingerprint density at radius 2 is 1.83 bits per heavy atom. The third-order valence-corrected chi connectivity index (χ3v) is 5.17. The number of fused-ring (bicyclic) bond motifs is 2. The molecule has 1 aliphatic heterocycles. The van der Waals surface area contributed by atoms with Gasteiger partial charge in [-0.15, -0.1) is 0 Å². The van der Waals surface area contributed by atoms with Crippen molar-refractivity contribution in [1.29, 1.82) is 5.26 Å². The first-order valence-corrected chi connectivity index (χ1v) is 7.98. The number of hydrogen-bond acceptors (Lipinski definition) is 3. The maximum absolute atomic E-state index is 12.6. The first kappa shape index (κ1) is 14.2. The molecule has 1 spiro atoms. The van der Waals surface area contributed by atoms with Crippen LogP contribution in [0.15, 0.2) is 42.5 Å². The number of carbonyl (C=O) groups is 1. The maximum atomic E-state index is 12.6. The van der Waals surface area contributed by atoms with Gasteiger partial charge in [0.15, 0.2) is 5.78 Å². The van der Waals surface area contributed by atoms with E-state index in [0.717, 1.165) is 42.7 Å². The Hall–Kier alpha value is -2.44. The Morgan fingerprint density at radius 1 is 1.04 bits per heavy atom. The molecule has 0 saturated carbocycles. The molecule has 0 atom stereocenters. The van der Waals surface area contributed by atoms with E-state index in [4.69, 9.17) is 10.00 Å². The number of rotatable bonds is 1. The summed E-state index contributed by atoms with van der Waals surface area (Å²) in [4.78, 5) is 12.6. The van der Waals surface area contributed by atoms with Gasteiger partial charge < -0.3 is 4.74 Å². The molecule has 1 aliphatic carbocycles. The number of carbonyl (C=O) groups excluding carboxylic acids is 1. The summed E-state index contributed by atoms with van der Waals surface area (Å²) in [5.41, 5.74) is 4.64. The molecule has 1 saturated heterocycles. The van der Waals surface area contributed by atoms with Gasteiger partial charge in [-0.25, -0.2) is 0 Å². The lowest BCUT2D eigenvalue weighted by molar-refractivity contribution is 0.0491. The zero-order chi connectivity index (χ0) is 15.9. The first-order chi connectivity index (χ1) is 11.2. The molecule has 1 heterocycles. The summed E-state index contributed by atoms with van der Waals surface area (Å²) in [7, 11) is 0. The molecule has 4 rings (SSSR count). The van der Waals surface area contributed by atoms with E-state index in [1.54, 1.807) is 6.07 Å². The quantitative estimate of drug-likeness (QED) is 0.803. The Balaban J connectivity index is 1.78. The van der Waals surface area contributed by atoms with Gasteiger partial charge in [0.25, 0.3) is 0 Å². The van der Waals surface area contributed by atoms with Crippen molar-refractivity contribution in [1.82, 2.24) is 0 Å². The van der Waals surface area contributed by atoms with Crippen molar-refractivity contribution in [3.05, 3.63) is 59.2 Å². The lowest BCUT2D eigenvalue weighted by Gasteiger charge is -2.33. The molecule has 0 aromatic heterocycles. The van der Waals surface area contributed by atoms with Crippen LogP contribution in [0.3, 0.4) is 0 Å². The van der Waals surface area contributed by atoms with E-state index in [-0.39, 0.29) is 11.2 Å². The molecule has 2 aromatic rings. The first-order valence-electron chi connectivity index (χ1n) is 7.98. The van der Waals surface area contributed by atoms with Gasteiger partial charge in [0.1, 0.15) is 0 Å².